The Morgan fingerprint density at radius 3 is 2.75 bits per heavy atom. The zero-order chi connectivity index (χ0) is 11.4. The lowest BCUT2D eigenvalue weighted by Gasteiger charge is -2.30. The average molecular weight is 226 g/mol. The molecule has 1 unspecified atom stereocenters. The van der Waals surface area contributed by atoms with E-state index in [-0.39, 0.29) is 0 Å². The first-order valence-electron chi connectivity index (χ1n) is 6.82. The van der Waals surface area contributed by atoms with Crippen LogP contribution >= 0.6 is 0 Å². The van der Waals surface area contributed by atoms with Crippen molar-refractivity contribution in [1.82, 2.24) is 10.2 Å². The van der Waals surface area contributed by atoms with E-state index in [4.69, 9.17) is 4.74 Å². The van der Waals surface area contributed by atoms with Crippen LogP contribution in [0.4, 0.5) is 0 Å². The molecule has 94 valence electrons. The van der Waals surface area contributed by atoms with Gasteiger partial charge in [0.05, 0.1) is 12.7 Å². The van der Waals surface area contributed by atoms with Crippen molar-refractivity contribution >= 4 is 0 Å². The summed E-state index contributed by atoms with van der Waals surface area (Å²) in [5, 5.41) is 3.41. The van der Waals surface area contributed by atoms with Gasteiger partial charge in [0.15, 0.2) is 0 Å². The first-order chi connectivity index (χ1) is 7.75. The van der Waals surface area contributed by atoms with Crippen molar-refractivity contribution in [3.63, 3.8) is 0 Å². The second-order valence-electron chi connectivity index (χ2n) is 5.61. The zero-order valence-corrected chi connectivity index (χ0v) is 10.7. The van der Waals surface area contributed by atoms with Gasteiger partial charge in [-0.05, 0) is 31.7 Å². The Labute approximate surface area is 99.5 Å². The molecule has 1 aliphatic carbocycles. The third-order valence-electron chi connectivity index (χ3n) is 3.50. The van der Waals surface area contributed by atoms with E-state index >= 15 is 0 Å². The van der Waals surface area contributed by atoms with E-state index in [9.17, 15) is 0 Å². The highest BCUT2D eigenvalue weighted by Gasteiger charge is 2.30. The maximum Gasteiger partial charge on any atom is 0.0826 e. The molecule has 0 spiro atoms. The van der Waals surface area contributed by atoms with Gasteiger partial charge in [0.1, 0.15) is 0 Å². The summed E-state index contributed by atoms with van der Waals surface area (Å²) in [7, 11) is 0. The van der Waals surface area contributed by atoms with E-state index in [0.717, 1.165) is 38.2 Å². The molecule has 3 heteroatoms. The van der Waals surface area contributed by atoms with Gasteiger partial charge in [-0.2, -0.15) is 0 Å². The molecule has 0 aromatic rings. The quantitative estimate of drug-likeness (QED) is 0.742. The fourth-order valence-corrected chi connectivity index (χ4v) is 2.29. The number of nitrogens with one attached hydrogen (secondary N) is 1. The topological polar surface area (TPSA) is 24.5 Å². The monoisotopic (exact) mass is 226 g/mol. The van der Waals surface area contributed by atoms with Gasteiger partial charge in [0, 0.05) is 25.7 Å². The molecule has 1 atom stereocenters. The first-order valence-corrected chi connectivity index (χ1v) is 6.82. The van der Waals surface area contributed by atoms with Crippen molar-refractivity contribution in [3.8, 4) is 0 Å². The van der Waals surface area contributed by atoms with Crippen molar-refractivity contribution in [2.45, 2.75) is 45.3 Å². The van der Waals surface area contributed by atoms with Gasteiger partial charge in [-0.25, -0.2) is 0 Å². The Kier molecular flexibility index (Phi) is 4.62. The van der Waals surface area contributed by atoms with Crippen molar-refractivity contribution < 1.29 is 4.74 Å². The number of hydrogen-bond acceptors (Lipinski definition) is 3. The third kappa shape index (κ3) is 4.04. The van der Waals surface area contributed by atoms with Crippen LogP contribution in [0.2, 0.25) is 0 Å². The second-order valence-corrected chi connectivity index (χ2v) is 5.61. The minimum absolute atomic E-state index is 0.418. The Bertz CT molecular complexity index is 198. The van der Waals surface area contributed by atoms with Crippen molar-refractivity contribution in [3.05, 3.63) is 0 Å². The van der Waals surface area contributed by atoms with Crippen LogP contribution in [0.5, 0.6) is 0 Å². The van der Waals surface area contributed by atoms with E-state index < -0.39 is 0 Å². The molecule has 1 heterocycles. The molecule has 2 rings (SSSR count). The lowest BCUT2D eigenvalue weighted by Crippen LogP contribution is -2.46. The molecular formula is C13H26N2O. The smallest absolute Gasteiger partial charge is 0.0826 e. The molecule has 0 aromatic heterocycles. The standard InChI is InChI=1S/C13H26N2O/c1-11(2)5-7-15(12-3-4-12)10-13-9-14-6-8-16-13/h11-14H,3-10H2,1-2H3. The highest BCUT2D eigenvalue weighted by molar-refractivity contribution is 4.86. The fraction of sp³-hybridized carbons (Fsp3) is 1.00. The number of rotatable bonds is 6. The summed E-state index contributed by atoms with van der Waals surface area (Å²) in [5.41, 5.74) is 0. The summed E-state index contributed by atoms with van der Waals surface area (Å²) in [6, 6.07) is 0.865. The van der Waals surface area contributed by atoms with Crippen LogP contribution < -0.4 is 5.32 Å². The molecule has 0 aromatic carbocycles. The Morgan fingerprint density at radius 2 is 2.19 bits per heavy atom. The van der Waals surface area contributed by atoms with Crippen LogP contribution in [0.15, 0.2) is 0 Å². The Balaban J connectivity index is 1.73. The predicted molar refractivity (Wildman–Crippen MR) is 66.7 cm³/mol. The molecule has 0 radical (unpaired) electrons. The van der Waals surface area contributed by atoms with Crippen molar-refractivity contribution in [2.75, 3.05) is 32.8 Å². The lowest BCUT2D eigenvalue weighted by molar-refractivity contribution is 0.00311. The number of ether oxygens (including phenoxy) is 1. The van der Waals surface area contributed by atoms with E-state index in [0.29, 0.717) is 6.10 Å². The molecule has 1 aliphatic heterocycles. The van der Waals surface area contributed by atoms with E-state index in [1.807, 2.05) is 0 Å². The van der Waals surface area contributed by atoms with Gasteiger partial charge in [-0.1, -0.05) is 13.8 Å². The van der Waals surface area contributed by atoms with Crippen LogP contribution in [0.3, 0.4) is 0 Å². The minimum atomic E-state index is 0.418. The summed E-state index contributed by atoms with van der Waals surface area (Å²) in [4.78, 5) is 2.65. The number of hydrogen-bond donors (Lipinski definition) is 1. The lowest BCUT2D eigenvalue weighted by atomic mass is 10.1. The molecule has 2 fully saturated rings. The molecule has 0 bridgehead atoms. The maximum atomic E-state index is 5.79. The summed E-state index contributed by atoms with van der Waals surface area (Å²) in [5.74, 6) is 0.812. The molecule has 16 heavy (non-hydrogen) atoms. The normalized spacial score (nSPS) is 26.6. The van der Waals surface area contributed by atoms with Crippen LogP contribution in [0.25, 0.3) is 0 Å². The molecule has 1 N–H and O–H groups in total. The maximum absolute atomic E-state index is 5.79. The Hall–Kier alpha value is -0.120. The van der Waals surface area contributed by atoms with E-state index in [2.05, 4.69) is 24.1 Å². The molecule has 2 aliphatic rings. The van der Waals surface area contributed by atoms with Crippen molar-refractivity contribution in [1.29, 1.82) is 0 Å². The number of morpholine rings is 1. The van der Waals surface area contributed by atoms with Crippen molar-refractivity contribution in [2.24, 2.45) is 5.92 Å². The zero-order valence-electron chi connectivity index (χ0n) is 10.7. The summed E-state index contributed by atoms with van der Waals surface area (Å²) >= 11 is 0. The summed E-state index contributed by atoms with van der Waals surface area (Å²) < 4.78 is 5.79. The van der Waals surface area contributed by atoms with Gasteiger partial charge in [0.2, 0.25) is 0 Å². The van der Waals surface area contributed by atoms with Crippen LogP contribution in [0.1, 0.15) is 33.1 Å². The molecule has 1 saturated carbocycles. The minimum Gasteiger partial charge on any atom is -0.374 e. The van der Waals surface area contributed by atoms with Gasteiger partial charge in [-0.3, -0.25) is 4.90 Å². The van der Waals surface area contributed by atoms with Crippen LogP contribution in [-0.2, 0) is 4.74 Å². The third-order valence-corrected chi connectivity index (χ3v) is 3.50. The predicted octanol–water partition coefficient (Wildman–Crippen LogP) is 1.49. The largest absolute Gasteiger partial charge is 0.374 e. The second kappa shape index (κ2) is 5.99. The van der Waals surface area contributed by atoms with Crippen LogP contribution in [0, 0.1) is 5.92 Å². The molecular weight excluding hydrogens is 200 g/mol. The molecule has 3 nitrogen and oxygen atoms in total. The van der Waals surface area contributed by atoms with Gasteiger partial charge < -0.3 is 10.1 Å². The number of nitrogens with zero attached hydrogens (tertiary/aromatic N) is 1. The van der Waals surface area contributed by atoms with E-state index in [1.165, 1.54) is 25.8 Å². The summed E-state index contributed by atoms with van der Waals surface area (Å²) in [6.45, 7) is 9.93. The van der Waals surface area contributed by atoms with Gasteiger partial charge >= 0.3 is 0 Å². The van der Waals surface area contributed by atoms with Gasteiger partial charge in [-0.15, -0.1) is 0 Å². The van der Waals surface area contributed by atoms with Crippen LogP contribution in [-0.4, -0.2) is 49.8 Å². The Morgan fingerprint density at radius 1 is 1.38 bits per heavy atom. The summed E-state index contributed by atoms with van der Waals surface area (Å²) in [6.07, 6.45) is 4.54. The van der Waals surface area contributed by atoms with Gasteiger partial charge in [0.25, 0.3) is 0 Å². The molecule has 0 amide bonds. The molecule has 1 saturated heterocycles. The average Bonchev–Trinajstić information content (AvgIpc) is 3.09. The highest BCUT2D eigenvalue weighted by Crippen LogP contribution is 2.27. The first kappa shape index (κ1) is 12.3. The SMILES string of the molecule is CC(C)CCN(CC1CNCCO1)C1CC1. The highest BCUT2D eigenvalue weighted by atomic mass is 16.5. The van der Waals surface area contributed by atoms with E-state index in [1.54, 1.807) is 0 Å². The fourth-order valence-electron chi connectivity index (χ4n) is 2.29.